The molecule has 5 rings (SSSR count). The lowest BCUT2D eigenvalue weighted by atomic mass is 9.80. The average molecular weight is 413 g/mol. The summed E-state index contributed by atoms with van der Waals surface area (Å²) in [6.45, 7) is 0.826. The number of hydrogen-bond acceptors (Lipinski definition) is 3. The van der Waals surface area contributed by atoms with Gasteiger partial charge in [-0.05, 0) is 36.0 Å². The van der Waals surface area contributed by atoms with Crippen molar-refractivity contribution < 1.29 is 4.74 Å². The number of methoxy groups -OCH3 is 1. The van der Waals surface area contributed by atoms with Crippen LogP contribution in [0.5, 0.6) is 5.75 Å². The van der Waals surface area contributed by atoms with Gasteiger partial charge in [0.05, 0.1) is 7.11 Å². The average Bonchev–Trinajstić information content (AvgIpc) is 3.41. The molecule has 160 valence electrons. The van der Waals surface area contributed by atoms with Crippen molar-refractivity contribution in [1.82, 2.24) is 10.6 Å². The van der Waals surface area contributed by atoms with E-state index in [9.17, 15) is 0 Å². The fourth-order valence-electron chi connectivity index (χ4n) is 5.83. The zero-order valence-electron chi connectivity index (χ0n) is 18.2. The van der Waals surface area contributed by atoms with Crippen molar-refractivity contribution in [2.75, 3.05) is 7.11 Å². The number of hydrogen-bond donors (Lipinski definition) is 2. The van der Waals surface area contributed by atoms with Gasteiger partial charge in [0.1, 0.15) is 5.75 Å². The highest BCUT2D eigenvalue weighted by Gasteiger charge is 2.48. The van der Waals surface area contributed by atoms with Crippen LogP contribution in [0.2, 0.25) is 0 Å². The number of benzene rings is 3. The molecule has 1 saturated carbocycles. The Balaban J connectivity index is 1.47. The molecule has 2 N–H and O–H groups in total. The Morgan fingerprint density at radius 1 is 0.871 bits per heavy atom. The molecular formula is C28H32N2O. The van der Waals surface area contributed by atoms with Crippen LogP contribution in [-0.4, -0.2) is 25.2 Å². The van der Waals surface area contributed by atoms with E-state index in [1.165, 1.54) is 36.0 Å². The van der Waals surface area contributed by atoms with E-state index < -0.39 is 0 Å². The third-order valence-electron chi connectivity index (χ3n) is 7.22. The summed E-state index contributed by atoms with van der Waals surface area (Å²) < 4.78 is 5.60. The molecule has 1 aliphatic heterocycles. The standard InChI is InChI=1S/C28H32N2O/c1-31-25-18-9-8-15-22(25)19-29-27-23-16-10-17-24(23)30-28(27)26(20-11-4-2-5-12-20)21-13-6-3-7-14-21/h2-9,11-15,18,23-24,26-30H,10,16-17,19H2,1H3/t23-,24+,27+,28+/m0/s1. The summed E-state index contributed by atoms with van der Waals surface area (Å²) >= 11 is 0. The maximum atomic E-state index is 5.60. The molecule has 0 unspecified atom stereocenters. The molecule has 1 aliphatic carbocycles. The SMILES string of the molecule is COc1ccccc1CN[C@@H]1[C@H]2CCC[C@H]2N[C@@H]1C(c1ccccc1)c1ccccc1. The first-order valence-corrected chi connectivity index (χ1v) is 11.6. The second-order valence-electron chi connectivity index (χ2n) is 8.91. The highest BCUT2D eigenvalue weighted by Crippen LogP contribution is 2.42. The fourth-order valence-corrected chi connectivity index (χ4v) is 5.83. The molecule has 4 atom stereocenters. The maximum Gasteiger partial charge on any atom is 0.123 e. The zero-order valence-corrected chi connectivity index (χ0v) is 18.2. The molecule has 0 spiro atoms. The predicted molar refractivity (Wildman–Crippen MR) is 126 cm³/mol. The van der Waals surface area contributed by atoms with Crippen LogP contribution >= 0.6 is 0 Å². The molecule has 2 aliphatic rings. The van der Waals surface area contributed by atoms with Crippen LogP contribution in [0.15, 0.2) is 84.9 Å². The number of fused-ring (bicyclic) bond motifs is 1. The van der Waals surface area contributed by atoms with Crippen LogP contribution in [0.25, 0.3) is 0 Å². The monoisotopic (exact) mass is 412 g/mol. The highest BCUT2D eigenvalue weighted by atomic mass is 16.5. The molecule has 3 aromatic rings. The molecule has 31 heavy (non-hydrogen) atoms. The van der Waals surface area contributed by atoms with Crippen molar-refractivity contribution in [2.24, 2.45) is 5.92 Å². The molecule has 3 nitrogen and oxygen atoms in total. The van der Waals surface area contributed by atoms with E-state index in [1.807, 2.05) is 6.07 Å². The summed E-state index contributed by atoms with van der Waals surface area (Å²) in [7, 11) is 1.76. The minimum Gasteiger partial charge on any atom is -0.496 e. The lowest BCUT2D eigenvalue weighted by molar-refractivity contribution is 0.348. The lowest BCUT2D eigenvalue weighted by Gasteiger charge is -2.32. The Kier molecular flexibility index (Phi) is 6.06. The van der Waals surface area contributed by atoms with Crippen LogP contribution in [0, 0.1) is 5.92 Å². The van der Waals surface area contributed by atoms with Gasteiger partial charge in [0.2, 0.25) is 0 Å². The van der Waals surface area contributed by atoms with Crippen LogP contribution < -0.4 is 15.4 Å². The van der Waals surface area contributed by atoms with Crippen molar-refractivity contribution in [3.63, 3.8) is 0 Å². The van der Waals surface area contributed by atoms with Crippen LogP contribution in [0.1, 0.15) is 41.9 Å². The van der Waals surface area contributed by atoms with Gasteiger partial charge in [-0.3, -0.25) is 0 Å². The van der Waals surface area contributed by atoms with Gasteiger partial charge < -0.3 is 15.4 Å². The maximum absolute atomic E-state index is 5.60. The number of para-hydroxylation sites is 1. The van der Waals surface area contributed by atoms with Crippen molar-refractivity contribution >= 4 is 0 Å². The Bertz CT molecular complexity index is 935. The molecular weight excluding hydrogens is 380 g/mol. The Labute approximate surface area is 185 Å². The van der Waals surface area contributed by atoms with Gasteiger partial charge in [-0.2, -0.15) is 0 Å². The quantitative estimate of drug-likeness (QED) is 0.565. The third-order valence-corrected chi connectivity index (χ3v) is 7.22. The van der Waals surface area contributed by atoms with Crippen molar-refractivity contribution in [3.8, 4) is 5.75 Å². The van der Waals surface area contributed by atoms with Gasteiger partial charge in [-0.1, -0.05) is 85.3 Å². The Morgan fingerprint density at radius 2 is 1.52 bits per heavy atom. The summed E-state index contributed by atoms with van der Waals surface area (Å²) in [6.07, 6.45) is 3.90. The van der Waals surface area contributed by atoms with Crippen molar-refractivity contribution in [2.45, 2.75) is 49.9 Å². The van der Waals surface area contributed by atoms with E-state index in [1.54, 1.807) is 7.11 Å². The van der Waals surface area contributed by atoms with Gasteiger partial charge in [0, 0.05) is 36.2 Å². The summed E-state index contributed by atoms with van der Waals surface area (Å²) in [6, 6.07) is 31.7. The number of rotatable bonds is 7. The molecule has 0 amide bonds. The van der Waals surface area contributed by atoms with Crippen molar-refractivity contribution in [3.05, 3.63) is 102 Å². The highest BCUT2D eigenvalue weighted by molar-refractivity contribution is 5.37. The third kappa shape index (κ3) is 4.13. The molecule has 1 heterocycles. The molecule has 3 heteroatoms. The van der Waals surface area contributed by atoms with Gasteiger partial charge in [-0.15, -0.1) is 0 Å². The smallest absolute Gasteiger partial charge is 0.123 e. The summed E-state index contributed by atoms with van der Waals surface area (Å²) in [4.78, 5) is 0. The lowest BCUT2D eigenvalue weighted by Crippen LogP contribution is -2.46. The molecule has 0 radical (unpaired) electrons. The van der Waals surface area contributed by atoms with Gasteiger partial charge in [0.25, 0.3) is 0 Å². The summed E-state index contributed by atoms with van der Waals surface area (Å²) in [5.74, 6) is 1.96. The minimum absolute atomic E-state index is 0.322. The minimum atomic E-state index is 0.322. The zero-order chi connectivity index (χ0) is 21.0. The van der Waals surface area contributed by atoms with Gasteiger partial charge in [-0.25, -0.2) is 0 Å². The number of ether oxygens (including phenoxy) is 1. The number of nitrogens with one attached hydrogen (secondary N) is 2. The van der Waals surface area contributed by atoms with Crippen LogP contribution in [0.3, 0.4) is 0 Å². The Morgan fingerprint density at radius 3 is 2.19 bits per heavy atom. The van der Waals surface area contributed by atoms with E-state index >= 15 is 0 Å². The van der Waals surface area contributed by atoms with E-state index in [0.717, 1.165) is 12.3 Å². The molecule has 0 bridgehead atoms. The first-order valence-electron chi connectivity index (χ1n) is 11.6. The topological polar surface area (TPSA) is 33.3 Å². The van der Waals surface area contributed by atoms with E-state index in [-0.39, 0.29) is 0 Å². The second-order valence-corrected chi connectivity index (χ2v) is 8.91. The molecule has 1 saturated heterocycles. The molecule has 2 fully saturated rings. The summed E-state index contributed by atoms with van der Waals surface area (Å²) in [5.41, 5.74) is 3.99. The van der Waals surface area contributed by atoms with E-state index in [2.05, 4.69) is 89.5 Å². The Hall–Kier alpha value is -2.62. The first-order chi connectivity index (χ1) is 15.3. The first kappa shape index (κ1) is 20.3. The van der Waals surface area contributed by atoms with Gasteiger partial charge >= 0.3 is 0 Å². The van der Waals surface area contributed by atoms with Gasteiger partial charge in [0.15, 0.2) is 0 Å². The summed E-state index contributed by atoms with van der Waals surface area (Å²) in [5, 5.41) is 8.04. The van der Waals surface area contributed by atoms with Crippen LogP contribution in [-0.2, 0) is 6.54 Å². The second kappa shape index (κ2) is 9.25. The van der Waals surface area contributed by atoms with Crippen molar-refractivity contribution in [1.29, 1.82) is 0 Å². The predicted octanol–water partition coefficient (Wildman–Crippen LogP) is 5.13. The van der Waals surface area contributed by atoms with Crippen LogP contribution in [0.4, 0.5) is 0 Å². The fraction of sp³-hybridized carbons (Fsp3) is 0.357. The largest absolute Gasteiger partial charge is 0.496 e. The molecule has 3 aromatic carbocycles. The van der Waals surface area contributed by atoms with E-state index in [4.69, 9.17) is 4.74 Å². The molecule has 0 aromatic heterocycles. The van der Waals surface area contributed by atoms with E-state index in [0.29, 0.717) is 30.0 Å². The normalized spacial score (nSPS) is 25.0.